The summed E-state index contributed by atoms with van der Waals surface area (Å²) < 4.78 is 13.6. The smallest absolute Gasteiger partial charge is 0.127 e. The van der Waals surface area contributed by atoms with Gasteiger partial charge in [0.25, 0.3) is 0 Å². The Morgan fingerprint density at radius 1 is 1.35 bits per heavy atom. The molecule has 0 amide bonds. The van der Waals surface area contributed by atoms with Gasteiger partial charge >= 0.3 is 0 Å². The molecule has 0 radical (unpaired) electrons. The fraction of sp³-hybridized carbons (Fsp3) is 0.571. The summed E-state index contributed by atoms with van der Waals surface area (Å²) >= 11 is 0. The van der Waals surface area contributed by atoms with Gasteiger partial charge in [0.15, 0.2) is 0 Å². The minimum absolute atomic E-state index is 0.140. The predicted molar refractivity (Wildman–Crippen MR) is 70.1 cm³/mol. The first-order valence-electron chi connectivity index (χ1n) is 6.18. The Labute approximate surface area is 104 Å². The SMILES string of the molecule is CC(C)CCN(C)Cc1cc(CN)ccc1F. The largest absolute Gasteiger partial charge is 0.326 e. The van der Waals surface area contributed by atoms with E-state index in [2.05, 4.69) is 18.7 Å². The summed E-state index contributed by atoms with van der Waals surface area (Å²) in [4.78, 5) is 2.15. The second-order valence-corrected chi connectivity index (χ2v) is 5.05. The van der Waals surface area contributed by atoms with Gasteiger partial charge < -0.3 is 10.6 Å². The maximum absolute atomic E-state index is 13.6. The molecule has 0 aliphatic heterocycles. The Kier molecular flexibility index (Phi) is 5.59. The quantitative estimate of drug-likeness (QED) is 0.825. The number of nitrogens with two attached hydrogens (primary N) is 1. The van der Waals surface area contributed by atoms with Crippen molar-refractivity contribution in [2.75, 3.05) is 13.6 Å². The number of halogens is 1. The molecule has 96 valence electrons. The molecule has 2 nitrogen and oxygen atoms in total. The van der Waals surface area contributed by atoms with Crippen LogP contribution in [0.2, 0.25) is 0 Å². The molecular formula is C14H23FN2. The van der Waals surface area contributed by atoms with E-state index in [9.17, 15) is 4.39 Å². The van der Waals surface area contributed by atoms with Crippen molar-refractivity contribution in [3.63, 3.8) is 0 Å². The summed E-state index contributed by atoms with van der Waals surface area (Å²) in [5.74, 6) is 0.538. The molecule has 0 saturated carbocycles. The minimum atomic E-state index is -0.140. The van der Waals surface area contributed by atoms with Gasteiger partial charge in [-0.3, -0.25) is 0 Å². The molecule has 0 unspecified atom stereocenters. The summed E-state index contributed by atoms with van der Waals surface area (Å²) in [7, 11) is 2.02. The van der Waals surface area contributed by atoms with E-state index in [1.165, 1.54) is 6.07 Å². The minimum Gasteiger partial charge on any atom is -0.326 e. The van der Waals surface area contributed by atoms with Crippen LogP contribution in [0, 0.1) is 11.7 Å². The lowest BCUT2D eigenvalue weighted by Crippen LogP contribution is -2.21. The average molecular weight is 238 g/mol. The molecule has 0 aliphatic rings. The number of nitrogens with zero attached hydrogens (tertiary/aromatic N) is 1. The molecule has 0 aromatic heterocycles. The second kappa shape index (κ2) is 6.72. The molecule has 3 heteroatoms. The van der Waals surface area contributed by atoms with Crippen LogP contribution in [0.3, 0.4) is 0 Å². The van der Waals surface area contributed by atoms with Gasteiger partial charge in [-0.05, 0) is 37.6 Å². The fourth-order valence-electron chi connectivity index (χ4n) is 1.72. The molecule has 0 saturated heterocycles. The van der Waals surface area contributed by atoms with Crippen molar-refractivity contribution in [2.24, 2.45) is 11.7 Å². The Bertz CT molecular complexity index is 350. The van der Waals surface area contributed by atoms with Gasteiger partial charge in [0.2, 0.25) is 0 Å². The molecule has 2 N–H and O–H groups in total. The molecule has 0 spiro atoms. The van der Waals surface area contributed by atoms with Crippen molar-refractivity contribution in [3.05, 3.63) is 35.1 Å². The van der Waals surface area contributed by atoms with E-state index in [0.717, 1.165) is 24.1 Å². The summed E-state index contributed by atoms with van der Waals surface area (Å²) in [6.07, 6.45) is 1.13. The first-order valence-corrected chi connectivity index (χ1v) is 6.18. The highest BCUT2D eigenvalue weighted by Gasteiger charge is 2.07. The molecular weight excluding hydrogens is 215 g/mol. The third-order valence-corrected chi connectivity index (χ3v) is 2.87. The summed E-state index contributed by atoms with van der Waals surface area (Å²) in [5, 5.41) is 0. The monoisotopic (exact) mass is 238 g/mol. The number of hydrogen-bond acceptors (Lipinski definition) is 2. The van der Waals surface area contributed by atoms with Gasteiger partial charge in [-0.15, -0.1) is 0 Å². The summed E-state index contributed by atoms with van der Waals surface area (Å²) in [6.45, 7) is 6.49. The van der Waals surface area contributed by atoms with Crippen LogP contribution in [0.1, 0.15) is 31.4 Å². The van der Waals surface area contributed by atoms with Crippen LogP contribution in [0.4, 0.5) is 4.39 Å². The Morgan fingerprint density at radius 3 is 2.65 bits per heavy atom. The lowest BCUT2D eigenvalue weighted by Gasteiger charge is -2.18. The van der Waals surface area contributed by atoms with Crippen molar-refractivity contribution in [2.45, 2.75) is 33.4 Å². The van der Waals surface area contributed by atoms with E-state index in [1.807, 2.05) is 13.1 Å². The normalized spacial score (nSPS) is 11.5. The standard InChI is InChI=1S/C14H23FN2/c1-11(2)6-7-17(3)10-13-8-12(9-16)4-5-14(13)15/h4-5,8,11H,6-7,9-10,16H2,1-3H3. The fourth-order valence-corrected chi connectivity index (χ4v) is 1.72. The van der Waals surface area contributed by atoms with Crippen molar-refractivity contribution < 1.29 is 4.39 Å². The van der Waals surface area contributed by atoms with Gasteiger partial charge in [-0.2, -0.15) is 0 Å². The molecule has 0 heterocycles. The van der Waals surface area contributed by atoms with Crippen molar-refractivity contribution in [1.29, 1.82) is 0 Å². The first-order chi connectivity index (χ1) is 8.02. The Balaban J connectivity index is 2.60. The van der Waals surface area contributed by atoms with Gasteiger partial charge in [0.1, 0.15) is 5.82 Å². The third kappa shape index (κ3) is 4.84. The van der Waals surface area contributed by atoms with Crippen molar-refractivity contribution >= 4 is 0 Å². The predicted octanol–water partition coefficient (Wildman–Crippen LogP) is 2.76. The van der Waals surface area contributed by atoms with Crippen LogP contribution >= 0.6 is 0 Å². The maximum Gasteiger partial charge on any atom is 0.127 e. The van der Waals surface area contributed by atoms with Crippen LogP contribution in [0.15, 0.2) is 18.2 Å². The van der Waals surface area contributed by atoms with E-state index in [4.69, 9.17) is 5.73 Å². The number of benzene rings is 1. The topological polar surface area (TPSA) is 29.3 Å². The second-order valence-electron chi connectivity index (χ2n) is 5.05. The van der Waals surface area contributed by atoms with Crippen LogP contribution < -0.4 is 5.73 Å². The first kappa shape index (κ1) is 14.1. The molecule has 0 atom stereocenters. The highest BCUT2D eigenvalue weighted by atomic mass is 19.1. The Morgan fingerprint density at radius 2 is 2.06 bits per heavy atom. The molecule has 17 heavy (non-hydrogen) atoms. The molecule has 1 rings (SSSR count). The molecule has 1 aromatic rings. The maximum atomic E-state index is 13.6. The molecule has 0 bridgehead atoms. The third-order valence-electron chi connectivity index (χ3n) is 2.87. The van der Waals surface area contributed by atoms with Crippen LogP contribution in [-0.2, 0) is 13.1 Å². The Hall–Kier alpha value is -0.930. The highest BCUT2D eigenvalue weighted by molar-refractivity contribution is 5.24. The summed E-state index contributed by atoms with van der Waals surface area (Å²) in [5.41, 5.74) is 7.28. The van der Waals surface area contributed by atoms with E-state index in [1.54, 1.807) is 6.07 Å². The van der Waals surface area contributed by atoms with Gasteiger partial charge in [0.05, 0.1) is 0 Å². The molecule has 0 fully saturated rings. The van der Waals surface area contributed by atoms with Crippen LogP contribution in [0.25, 0.3) is 0 Å². The number of rotatable bonds is 6. The lowest BCUT2D eigenvalue weighted by atomic mass is 10.1. The van der Waals surface area contributed by atoms with Gasteiger partial charge in [-0.25, -0.2) is 4.39 Å². The van der Waals surface area contributed by atoms with Crippen LogP contribution in [-0.4, -0.2) is 18.5 Å². The molecule has 0 aliphatic carbocycles. The average Bonchev–Trinajstić information content (AvgIpc) is 2.29. The zero-order chi connectivity index (χ0) is 12.8. The highest BCUT2D eigenvalue weighted by Crippen LogP contribution is 2.13. The van der Waals surface area contributed by atoms with E-state index in [0.29, 0.717) is 19.0 Å². The van der Waals surface area contributed by atoms with Gasteiger partial charge in [0, 0.05) is 18.7 Å². The van der Waals surface area contributed by atoms with E-state index in [-0.39, 0.29) is 5.82 Å². The van der Waals surface area contributed by atoms with E-state index >= 15 is 0 Å². The number of hydrogen-bond donors (Lipinski definition) is 1. The molecule has 1 aromatic carbocycles. The van der Waals surface area contributed by atoms with Crippen molar-refractivity contribution in [3.8, 4) is 0 Å². The van der Waals surface area contributed by atoms with E-state index < -0.39 is 0 Å². The zero-order valence-corrected chi connectivity index (χ0v) is 11.0. The zero-order valence-electron chi connectivity index (χ0n) is 11.0. The summed E-state index contributed by atoms with van der Waals surface area (Å²) in [6, 6.07) is 5.11. The van der Waals surface area contributed by atoms with Crippen LogP contribution in [0.5, 0.6) is 0 Å². The van der Waals surface area contributed by atoms with Crippen molar-refractivity contribution in [1.82, 2.24) is 4.90 Å². The van der Waals surface area contributed by atoms with Gasteiger partial charge in [-0.1, -0.05) is 26.0 Å². The lowest BCUT2D eigenvalue weighted by molar-refractivity contribution is 0.299.